The highest BCUT2D eigenvalue weighted by molar-refractivity contribution is 5.73. The van der Waals surface area contributed by atoms with Crippen LogP contribution in [0.1, 0.15) is 29.8 Å². The van der Waals surface area contributed by atoms with Gasteiger partial charge in [0.15, 0.2) is 0 Å². The van der Waals surface area contributed by atoms with Crippen LogP contribution in [0.2, 0.25) is 0 Å². The largest absolute Gasteiger partial charge is 0.389 e. The lowest BCUT2D eigenvalue weighted by molar-refractivity contribution is 0.200. The molecule has 0 aliphatic carbocycles. The Hall–Kier alpha value is -2.46. The third-order valence-electron chi connectivity index (χ3n) is 3.19. The molecule has 108 valence electrons. The molecule has 2 aromatic rings. The Labute approximate surface area is 123 Å². The van der Waals surface area contributed by atoms with Crippen LogP contribution in [-0.4, -0.2) is 14.5 Å². The second kappa shape index (κ2) is 5.89. The summed E-state index contributed by atoms with van der Waals surface area (Å²) in [7, 11) is 0. The van der Waals surface area contributed by atoms with E-state index in [2.05, 4.69) is 18.1 Å². The number of rotatable bonds is 4. The van der Waals surface area contributed by atoms with E-state index in [1.165, 1.54) is 10.5 Å². The van der Waals surface area contributed by atoms with Crippen LogP contribution in [0.5, 0.6) is 0 Å². The van der Waals surface area contributed by atoms with Crippen molar-refractivity contribution in [1.29, 1.82) is 0 Å². The fourth-order valence-corrected chi connectivity index (χ4v) is 2.21. The van der Waals surface area contributed by atoms with E-state index in [-0.39, 0.29) is 5.56 Å². The summed E-state index contributed by atoms with van der Waals surface area (Å²) in [4.78, 5) is 16.8. The lowest BCUT2D eigenvalue weighted by atomic mass is 10.1. The summed E-state index contributed by atoms with van der Waals surface area (Å²) in [5.41, 5.74) is 2.99. The van der Waals surface area contributed by atoms with Gasteiger partial charge >= 0.3 is 0 Å². The lowest BCUT2D eigenvalue weighted by Crippen LogP contribution is -2.17. The molecular formula is C17H18N2O2. The Bertz CT molecular complexity index is 798. The standard InChI is InChI=1S/C17H18N2O2/c1-5-7-13(6-2)15-9-16(21)19-10-11(3)8-14(12(4)20)17(19)18-15/h5-10,12,20H,1-2H2,3-4H3/b13-7+. The molecule has 0 amide bonds. The number of hydrogen-bond donors (Lipinski definition) is 1. The van der Waals surface area contributed by atoms with Gasteiger partial charge in [0.2, 0.25) is 0 Å². The Morgan fingerprint density at radius 2 is 2.14 bits per heavy atom. The van der Waals surface area contributed by atoms with E-state index in [1.54, 1.807) is 31.3 Å². The van der Waals surface area contributed by atoms with Crippen molar-refractivity contribution >= 4 is 11.2 Å². The molecule has 0 aromatic carbocycles. The highest BCUT2D eigenvalue weighted by Gasteiger charge is 2.12. The number of allylic oxidation sites excluding steroid dienone is 4. The number of fused-ring (bicyclic) bond motifs is 1. The van der Waals surface area contributed by atoms with Gasteiger partial charge in [0.05, 0.1) is 11.8 Å². The van der Waals surface area contributed by atoms with Crippen LogP contribution in [0, 0.1) is 6.92 Å². The maximum atomic E-state index is 12.3. The van der Waals surface area contributed by atoms with Crippen molar-refractivity contribution < 1.29 is 5.11 Å². The predicted molar refractivity (Wildman–Crippen MR) is 85.2 cm³/mol. The van der Waals surface area contributed by atoms with Gasteiger partial charge in [0.1, 0.15) is 5.65 Å². The van der Waals surface area contributed by atoms with Crippen molar-refractivity contribution in [3.8, 4) is 0 Å². The number of aryl methyl sites for hydroxylation is 1. The Morgan fingerprint density at radius 1 is 1.43 bits per heavy atom. The van der Waals surface area contributed by atoms with Crippen LogP contribution in [-0.2, 0) is 0 Å². The van der Waals surface area contributed by atoms with E-state index in [0.717, 1.165) is 5.56 Å². The molecule has 2 rings (SSSR count). The number of aliphatic hydroxyl groups excluding tert-OH is 1. The molecule has 0 radical (unpaired) electrons. The first-order chi connectivity index (χ1) is 9.97. The average Bonchev–Trinajstić information content (AvgIpc) is 2.44. The summed E-state index contributed by atoms with van der Waals surface area (Å²) >= 11 is 0. The van der Waals surface area contributed by atoms with Crippen molar-refractivity contribution in [2.75, 3.05) is 0 Å². The second-order valence-corrected chi connectivity index (χ2v) is 4.88. The molecule has 0 aliphatic rings. The van der Waals surface area contributed by atoms with Gasteiger partial charge in [-0.1, -0.05) is 31.4 Å². The van der Waals surface area contributed by atoms with Crippen LogP contribution < -0.4 is 5.56 Å². The van der Waals surface area contributed by atoms with E-state index in [9.17, 15) is 9.90 Å². The SMILES string of the molecule is C=C/C=C(\C=C)c1cc(=O)n2cc(C)cc(C(C)O)c2n1. The van der Waals surface area contributed by atoms with E-state index >= 15 is 0 Å². The highest BCUT2D eigenvalue weighted by atomic mass is 16.3. The topological polar surface area (TPSA) is 54.6 Å². The van der Waals surface area contributed by atoms with E-state index < -0.39 is 6.10 Å². The van der Waals surface area contributed by atoms with Crippen molar-refractivity contribution in [2.45, 2.75) is 20.0 Å². The smallest absolute Gasteiger partial charge is 0.258 e. The number of hydrogen-bond acceptors (Lipinski definition) is 3. The highest BCUT2D eigenvalue weighted by Crippen LogP contribution is 2.20. The first kappa shape index (κ1) is 14.9. The fourth-order valence-electron chi connectivity index (χ4n) is 2.21. The summed E-state index contributed by atoms with van der Waals surface area (Å²) in [5, 5.41) is 9.92. The maximum absolute atomic E-state index is 12.3. The van der Waals surface area contributed by atoms with E-state index in [1.807, 2.05) is 13.0 Å². The quantitative estimate of drug-likeness (QED) is 0.877. The Kier molecular flexibility index (Phi) is 4.19. The van der Waals surface area contributed by atoms with E-state index in [0.29, 0.717) is 22.5 Å². The van der Waals surface area contributed by atoms with Gasteiger partial charge in [-0.3, -0.25) is 9.20 Å². The zero-order valence-electron chi connectivity index (χ0n) is 12.2. The molecule has 1 atom stereocenters. The molecule has 0 aliphatic heterocycles. The zero-order chi connectivity index (χ0) is 15.6. The molecule has 0 fully saturated rings. The average molecular weight is 282 g/mol. The Morgan fingerprint density at radius 3 is 2.71 bits per heavy atom. The molecule has 1 unspecified atom stereocenters. The number of nitrogens with zero attached hydrogens (tertiary/aromatic N) is 2. The molecule has 2 heterocycles. The lowest BCUT2D eigenvalue weighted by Gasteiger charge is -2.12. The molecule has 0 bridgehead atoms. The van der Waals surface area contributed by atoms with Gasteiger partial charge in [-0.2, -0.15) is 0 Å². The minimum absolute atomic E-state index is 0.197. The number of aromatic nitrogens is 2. The normalized spacial score (nSPS) is 13.2. The maximum Gasteiger partial charge on any atom is 0.258 e. The van der Waals surface area contributed by atoms with Crippen LogP contribution in [0.25, 0.3) is 11.2 Å². The van der Waals surface area contributed by atoms with E-state index in [4.69, 9.17) is 0 Å². The second-order valence-electron chi connectivity index (χ2n) is 4.88. The number of aliphatic hydroxyl groups is 1. The summed E-state index contributed by atoms with van der Waals surface area (Å²) in [6.07, 6.45) is 5.98. The molecule has 1 N–H and O–H groups in total. The van der Waals surface area contributed by atoms with Crippen LogP contribution in [0.15, 0.2) is 54.5 Å². The minimum atomic E-state index is -0.711. The summed E-state index contributed by atoms with van der Waals surface area (Å²) in [6.45, 7) is 10.9. The first-order valence-corrected chi connectivity index (χ1v) is 6.65. The summed E-state index contributed by atoms with van der Waals surface area (Å²) in [5.74, 6) is 0. The molecule has 0 spiro atoms. The van der Waals surface area contributed by atoms with Gasteiger partial charge in [-0.15, -0.1) is 0 Å². The van der Waals surface area contributed by atoms with Gasteiger partial charge in [-0.05, 0) is 31.1 Å². The molecule has 4 heteroatoms. The third-order valence-corrected chi connectivity index (χ3v) is 3.19. The predicted octanol–water partition coefficient (Wildman–Crippen LogP) is 2.81. The molecule has 21 heavy (non-hydrogen) atoms. The summed E-state index contributed by atoms with van der Waals surface area (Å²) < 4.78 is 1.45. The van der Waals surface area contributed by atoms with Crippen molar-refractivity contribution in [3.63, 3.8) is 0 Å². The van der Waals surface area contributed by atoms with Gasteiger partial charge in [0, 0.05) is 17.8 Å². The molecular weight excluding hydrogens is 264 g/mol. The number of pyridine rings is 1. The van der Waals surface area contributed by atoms with Crippen LogP contribution in [0.3, 0.4) is 0 Å². The molecule has 2 aromatic heterocycles. The first-order valence-electron chi connectivity index (χ1n) is 6.65. The minimum Gasteiger partial charge on any atom is -0.389 e. The van der Waals surface area contributed by atoms with Gasteiger partial charge in [-0.25, -0.2) is 4.98 Å². The fraction of sp³-hybridized carbons (Fsp3) is 0.176. The van der Waals surface area contributed by atoms with Crippen molar-refractivity contribution in [3.05, 3.63) is 76.9 Å². The van der Waals surface area contributed by atoms with Crippen molar-refractivity contribution in [2.24, 2.45) is 0 Å². The van der Waals surface area contributed by atoms with Gasteiger partial charge in [0.25, 0.3) is 5.56 Å². The van der Waals surface area contributed by atoms with Crippen molar-refractivity contribution in [1.82, 2.24) is 9.38 Å². The zero-order valence-corrected chi connectivity index (χ0v) is 12.2. The Balaban J connectivity index is 2.87. The monoisotopic (exact) mass is 282 g/mol. The summed E-state index contributed by atoms with van der Waals surface area (Å²) in [6, 6.07) is 3.29. The third kappa shape index (κ3) is 2.85. The van der Waals surface area contributed by atoms with Crippen LogP contribution in [0.4, 0.5) is 0 Å². The molecule has 0 saturated heterocycles. The molecule has 4 nitrogen and oxygen atoms in total. The molecule has 0 saturated carbocycles. The van der Waals surface area contributed by atoms with Gasteiger partial charge < -0.3 is 5.11 Å². The van der Waals surface area contributed by atoms with Crippen LogP contribution >= 0.6 is 0 Å².